The molecule has 0 aliphatic carbocycles. The molecule has 594 valence electrons. The van der Waals surface area contributed by atoms with E-state index in [2.05, 4.69) is 38.2 Å². The van der Waals surface area contributed by atoms with Crippen molar-refractivity contribution in [3.63, 3.8) is 0 Å². The topological polar surface area (TPSA) is 108 Å². The SMILES string of the molecule is CCCCCCCCCC/C=C\CCCCCCCCCCCCCCCCCCCCCCCCCCCCCCCC(=O)OC(COC(=O)CCCCCCCCCCCCCCCCCCCCCCCCC/C=C\CCCCCCCCCC)COP(=O)(O)OCC[N+](C)(C)C. The molecule has 9 nitrogen and oxygen atoms in total. The van der Waals surface area contributed by atoms with Crippen LogP contribution in [0.15, 0.2) is 24.3 Å². The lowest BCUT2D eigenvalue weighted by molar-refractivity contribution is -0.870. The second-order valence-electron chi connectivity index (χ2n) is 32.3. The van der Waals surface area contributed by atoms with Crippen LogP contribution >= 0.6 is 7.82 Å². The number of esters is 2. The van der Waals surface area contributed by atoms with E-state index in [4.69, 9.17) is 18.5 Å². The maximum absolute atomic E-state index is 12.9. The molecule has 1 N–H and O–H groups in total. The van der Waals surface area contributed by atoms with E-state index in [1.54, 1.807) is 0 Å². The quantitative estimate of drug-likeness (QED) is 0.0211. The Morgan fingerprint density at radius 3 is 0.740 bits per heavy atom. The fraction of sp³-hybridized carbons (Fsp3) is 0.933. The number of carbonyl (C=O) groups is 2. The highest BCUT2D eigenvalue weighted by Crippen LogP contribution is 2.43. The second kappa shape index (κ2) is 81.6. The number of hydrogen-bond acceptors (Lipinski definition) is 7. The average Bonchev–Trinajstić information content (AvgIpc) is 1.30. The second-order valence-corrected chi connectivity index (χ2v) is 33.8. The summed E-state index contributed by atoms with van der Waals surface area (Å²) >= 11 is 0. The Bertz CT molecular complexity index is 1730. The highest BCUT2D eigenvalue weighted by Gasteiger charge is 2.27. The Kier molecular flexibility index (Phi) is 80.3. The number of ether oxygens (including phenoxy) is 2. The van der Waals surface area contributed by atoms with Crippen LogP contribution in [0.2, 0.25) is 0 Å². The first kappa shape index (κ1) is 98.5. The van der Waals surface area contributed by atoms with Crippen molar-refractivity contribution in [3.05, 3.63) is 24.3 Å². The van der Waals surface area contributed by atoms with Crippen LogP contribution in [0.3, 0.4) is 0 Å². The molecule has 0 spiro atoms. The van der Waals surface area contributed by atoms with E-state index in [1.807, 2.05) is 21.1 Å². The molecular weight excluding hydrogens is 1250 g/mol. The van der Waals surface area contributed by atoms with Crippen LogP contribution in [-0.4, -0.2) is 74.9 Å². The molecule has 0 aliphatic rings. The van der Waals surface area contributed by atoms with E-state index in [1.165, 1.54) is 424 Å². The summed E-state index contributed by atoms with van der Waals surface area (Å²) < 4.78 is 34.9. The van der Waals surface area contributed by atoms with Gasteiger partial charge in [-0.15, -0.1) is 0 Å². The Labute approximate surface area is 625 Å². The molecule has 2 atom stereocenters. The molecule has 0 aromatic heterocycles. The van der Waals surface area contributed by atoms with E-state index in [-0.39, 0.29) is 25.6 Å². The smallest absolute Gasteiger partial charge is 0.462 e. The van der Waals surface area contributed by atoms with Crippen molar-refractivity contribution in [2.45, 2.75) is 495 Å². The summed E-state index contributed by atoms with van der Waals surface area (Å²) in [7, 11) is 1.51. The Morgan fingerprint density at radius 1 is 0.300 bits per heavy atom. The molecule has 0 rings (SSSR count). The molecule has 0 fully saturated rings. The van der Waals surface area contributed by atoms with Crippen molar-refractivity contribution in [2.75, 3.05) is 47.5 Å². The van der Waals surface area contributed by atoms with Gasteiger partial charge in [-0.1, -0.05) is 436 Å². The number of likely N-dealkylation sites (N-methyl/N-ethyl adjacent to an activating group) is 1. The van der Waals surface area contributed by atoms with Gasteiger partial charge >= 0.3 is 19.8 Å². The van der Waals surface area contributed by atoms with Gasteiger partial charge in [0.05, 0.1) is 27.7 Å². The lowest BCUT2D eigenvalue weighted by Gasteiger charge is -2.24. The lowest BCUT2D eigenvalue weighted by atomic mass is 10.0. The van der Waals surface area contributed by atoms with E-state index in [9.17, 15) is 19.0 Å². The number of unbranched alkanes of at least 4 members (excludes halogenated alkanes) is 68. The predicted octanol–water partition coefficient (Wildman–Crippen LogP) is 30.3. The van der Waals surface area contributed by atoms with Gasteiger partial charge in [-0.05, 0) is 64.2 Å². The summed E-state index contributed by atoms with van der Waals surface area (Å²) in [6.45, 7) is 4.53. The molecule has 0 radical (unpaired) electrons. The predicted molar refractivity (Wildman–Crippen MR) is 437 cm³/mol. The summed E-state index contributed by atoms with van der Waals surface area (Å²) in [6.07, 6.45) is 107. The van der Waals surface area contributed by atoms with E-state index >= 15 is 0 Å². The van der Waals surface area contributed by atoms with Gasteiger partial charge in [0.1, 0.15) is 19.8 Å². The van der Waals surface area contributed by atoms with Crippen molar-refractivity contribution >= 4 is 19.8 Å². The molecule has 0 saturated carbocycles. The normalized spacial score (nSPS) is 13.0. The zero-order chi connectivity index (χ0) is 72.5. The molecular formula is C90H177NO8P+. The van der Waals surface area contributed by atoms with Crippen LogP contribution in [0.5, 0.6) is 0 Å². The van der Waals surface area contributed by atoms with Gasteiger partial charge in [-0.3, -0.25) is 18.6 Å². The Morgan fingerprint density at radius 2 is 0.510 bits per heavy atom. The average molecular weight is 1430 g/mol. The van der Waals surface area contributed by atoms with E-state index in [0.29, 0.717) is 17.4 Å². The van der Waals surface area contributed by atoms with Crippen LogP contribution in [-0.2, 0) is 32.7 Å². The Hall–Kier alpha value is -1.51. The monoisotopic (exact) mass is 1430 g/mol. The minimum Gasteiger partial charge on any atom is -0.462 e. The zero-order valence-electron chi connectivity index (χ0n) is 68.2. The molecule has 100 heavy (non-hydrogen) atoms. The highest BCUT2D eigenvalue weighted by molar-refractivity contribution is 7.47. The number of phosphoric ester groups is 1. The minimum atomic E-state index is -4.39. The standard InChI is InChI=1S/C90H176NO8P/c1-6-8-10-12-14-16-18-20-22-24-26-28-30-32-34-36-38-40-42-43-44-45-46-47-49-51-53-55-57-59-61-63-65-67-69-71-73-75-77-79-81-83-90(93)99-88(87-98-100(94,95)97-85-84-91(3,4)5)86-96-89(92)82-80-78-76-74-72-70-68-66-64-62-60-58-56-54-52-50-48-41-39-37-35-33-31-29-27-25-23-21-19-17-15-13-11-9-7-2/h24-27,88H,6-23,28-87H2,1-5H3/p+1/b26-24-,27-25-. The van der Waals surface area contributed by atoms with E-state index in [0.717, 1.165) is 38.5 Å². The summed E-state index contributed by atoms with van der Waals surface area (Å²) in [4.78, 5) is 36.1. The van der Waals surface area contributed by atoms with Crippen LogP contribution in [0, 0.1) is 0 Å². The van der Waals surface area contributed by atoms with Crippen molar-refractivity contribution in [3.8, 4) is 0 Å². The molecule has 0 heterocycles. The molecule has 0 aliphatic heterocycles. The van der Waals surface area contributed by atoms with Gasteiger partial charge in [0.25, 0.3) is 0 Å². The maximum Gasteiger partial charge on any atom is 0.472 e. The zero-order valence-corrected chi connectivity index (χ0v) is 69.1. The first-order valence-electron chi connectivity index (χ1n) is 45.1. The molecule has 0 bridgehead atoms. The summed E-state index contributed by atoms with van der Waals surface area (Å²) in [5.41, 5.74) is 0. The number of phosphoric acid groups is 1. The number of rotatable bonds is 86. The third kappa shape index (κ3) is 85.4. The van der Waals surface area contributed by atoms with Crippen LogP contribution in [0.25, 0.3) is 0 Å². The third-order valence-corrected chi connectivity index (χ3v) is 21.9. The lowest BCUT2D eigenvalue weighted by Crippen LogP contribution is -2.37. The minimum absolute atomic E-state index is 0.0366. The van der Waals surface area contributed by atoms with Crippen molar-refractivity contribution in [1.82, 2.24) is 0 Å². The number of hydrogen-bond donors (Lipinski definition) is 1. The highest BCUT2D eigenvalue weighted by atomic mass is 31.2. The van der Waals surface area contributed by atoms with Gasteiger partial charge in [0.15, 0.2) is 6.10 Å². The van der Waals surface area contributed by atoms with Gasteiger partial charge in [0, 0.05) is 12.8 Å². The molecule has 0 amide bonds. The third-order valence-electron chi connectivity index (χ3n) is 21.0. The maximum atomic E-state index is 12.9. The van der Waals surface area contributed by atoms with Crippen molar-refractivity contribution in [1.29, 1.82) is 0 Å². The fourth-order valence-corrected chi connectivity index (χ4v) is 14.8. The number of quaternary nitrogens is 1. The molecule has 0 aromatic carbocycles. The Balaban J connectivity index is 3.83. The van der Waals surface area contributed by atoms with Gasteiger partial charge in [-0.25, -0.2) is 4.57 Å². The largest absolute Gasteiger partial charge is 0.472 e. The van der Waals surface area contributed by atoms with E-state index < -0.39 is 26.5 Å². The molecule has 0 saturated heterocycles. The summed E-state index contributed by atoms with van der Waals surface area (Å²) in [5, 5.41) is 0. The van der Waals surface area contributed by atoms with Crippen molar-refractivity contribution < 1.29 is 42.1 Å². The number of carbonyl (C=O) groups excluding carboxylic acids is 2. The van der Waals surface area contributed by atoms with Gasteiger partial charge < -0.3 is 18.9 Å². The molecule has 0 aromatic rings. The number of allylic oxidation sites excluding steroid dienone is 4. The van der Waals surface area contributed by atoms with Crippen molar-refractivity contribution in [2.24, 2.45) is 0 Å². The fourth-order valence-electron chi connectivity index (χ4n) is 14.1. The van der Waals surface area contributed by atoms with Crippen LogP contribution < -0.4 is 0 Å². The van der Waals surface area contributed by atoms with Crippen LogP contribution in [0.4, 0.5) is 0 Å². The summed E-state index contributed by atoms with van der Waals surface area (Å²) in [6, 6.07) is 0. The molecule has 10 heteroatoms. The first-order chi connectivity index (χ1) is 49.0. The molecule has 2 unspecified atom stereocenters. The number of nitrogens with zero attached hydrogens (tertiary/aromatic N) is 1. The van der Waals surface area contributed by atoms with Crippen LogP contribution in [0.1, 0.15) is 489 Å². The van der Waals surface area contributed by atoms with Gasteiger partial charge in [-0.2, -0.15) is 0 Å². The first-order valence-corrected chi connectivity index (χ1v) is 46.6. The summed E-state index contributed by atoms with van der Waals surface area (Å²) in [5.74, 6) is -0.765. The van der Waals surface area contributed by atoms with Gasteiger partial charge in [0.2, 0.25) is 0 Å².